The van der Waals surface area contributed by atoms with Gasteiger partial charge in [0.15, 0.2) is 0 Å². The van der Waals surface area contributed by atoms with E-state index in [1.54, 1.807) is 6.20 Å². The summed E-state index contributed by atoms with van der Waals surface area (Å²) in [5.41, 5.74) is 16.5. The average molecular weight is 370 g/mol. The highest BCUT2D eigenvalue weighted by Gasteiger charge is 2.37. The van der Waals surface area contributed by atoms with Gasteiger partial charge >= 0.3 is 0 Å². The van der Waals surface area contributed by atoms with Crippen molar-refractivity contribution in [3.05, 3.63) is 11.8 Å². The van der Waals surface area contributed by atoms with Crippen LogP contribution in [0.5, 0.6) is 0 Å². The summed E-state index contributed by atoms with van der Waals surface area (Å²) < 4.78 is 6.16. The molecule has 1 aliphatic heterocycles. The van der Waals surface area contributed by atoms with E-state index in [4.69, 9.17) is 16.2 Å². The topological polar surface area (TPSA) is 112 Å². The average Bonchev–Trinajstić information content (AvgIpc) is 3.09. The molecule has 0 radical (unpaired) electrons. The maximum Gasteiger partial charge on any atom is 0.120 e. The Morgan fingerprint density at radius 2 is 2.08 bits per heavy atom. The van der Waals surface area contributed by atoms with Crippen molar-refractivity contribution in [2.24, 2.45) is 23.3 Å². The summed E-state index contributed by atoms with van der Waals surface area (Å²) in [7, 11) is 0. The molecule has 0 aromatic carbocycles. The predicted molar refractivity (Wildman–Crippen MR) is 105 cm³/mol. The second-order valence-corrected chi connectivity index (χ2v) is 8.40. The Morgan fingerprint density at radius 1 is 1.31 bits per heavy atom. The number of aliphatic hydroxyl groups is 1. The Bertz CT molecular complexity index is 446. The maximum absolute atomic E-state index is 11.0. The van der Waals surface area contributed by atoms with E-state index in [1.807, 2.05) is 0 Å². The molecule has 1 heterocycles. The molecule has 0 bridgehead atoms. The van der Waals surface area contributed by atoms with Gasteiger partial charge in [0.25, 0.3) is 0 Å². The summed E-state index contributed by atoms with van der Waals surface area (Å²) in [6.07, 6.45) is 9.27. The van der Waals surface area contributed by atoms with Crippen LogP contribution < -0.4 is 17.2 Å². The summed E-state index contributed by atoms with van der Waals surface area (Å²) in [6.45, 7) is 6.51. The number of quaternary nitrogens is 1. The highest BCUT2D eigenvalue weighted by molar-refractivity contribution is 5.07. The molecule has 0 spiro atoms. The molecule has 152 valence electrons. The molecule has 8 N–H and O–H groups in total. The van der Waals surface area contributed by atoms with Gasteiger partial charge in [-0.25, -0.2) is 0 Å². The molecule has 2 aliphatic rings. The van der Waals surface area contributed by atoms with Gasteiger partial charge in [-0.05, 0) is 38.3 Å². The first-order valence-electron chi connectivity index (χ1n) is 10.5. The summed E-state index contributed by atoms with van der Waals surface area (Å²) in [4.78, 5) is 2.31. The van der Waals surface area contributed by atoms with Crippen molar-refractivity contribution >= 4 is 0 Å². The van der Waals surface area contributed by atoms with Crippen LogP contribution in [0.15, 0.2) is 11.8 Å². The summed E-state index contributed by atoms with van der Waals surface area (Å²) >= 11 is 0. The van der Waals surface area contributed by atoms with Gasteiger partial charge in [0.2, 0.25) is 0 Å². The third-order valence-corrected chi connectivity index (χ3v) is 6.44. The van der Waals surface area contributed by atoms with Crippen molar-refractivity contribution in [2.75, 3.05) is 19.7 Å². The number of likely N-dealkylation sites (tertiary alicyclic amines) is 1. The van der Waals surface area contributed by atoms with Gasteiger partial charge < -0.3 is 27.0 Å². The fourth-order valence-corrected chi connectivity index (χ4v) is 4.60. The Labute approximate surface area is 159 Å². The zero-order valence-electron chi connectivity index (χ0n) is 16.8. The van der Waals surface area contributed by atoms with E-state index in [2.05, 4.69) is 24.5 Å². The zero-order chi connectivity index (χ0) is 19.1. The van der Waals surface area contributed by atoms with Crippen LogP contribution in [0.4, 0.5) is 0 Å². The molecule has 1 saturated heterocycles. The van der Waals surface area contributed by atoms with Crippen LogP contribution >= 0.6 is 0 Å². The largest absolute Gasteiger partial charge is 0.404 e. The van der Waals surface area contributed by atoms with Gasteiger partial charge in [-0.15, -0.1) is 0 Å². The van der Waals surface area contributed by atoms with Gasteiger partial charge in [0, 0.05) is 37.0 Å². The number of nitrogens with two attached hydrogens (primary N) is 2. The molecule has 6 atom stereocenters. The molecule has 0 aromatic heterocycles. The smallest absolute Gasteiger partial charge is 0.120 e. The molecule has 0 aromatic rings. The van der Waals surface area contributed by atoms with E-state index < -0.39 is 0 Å². The quantitative estimate of drug-likeness (QED) is 0.480. The number of piperidine rings is 1. The van der Waals surface area contributed by atoms with E-state index in [0.29, 0.717) is 31.0 Å². The van der Waals surface area contributed by atoms with Crippen molar-refractivity contribution in [1.82, 2.24) is 4.90 Å². The highest BCUT2D eigenvalue weighted by Crippen LogP contribution is 2.36. The number of hydrogen-bond acceptors (Lipinski definition) is 5. The first kappa shape index (κ1) is 21.6. The lowest BCUT2D eigenvalue weighted by Gasteiger charge is -2.42. The summed E-state index contributed by atoms with van der Waals surface area (Å²) in [6, 6.07) is 0.354. The zero-order valence-corrected chi connectivity index (χ0v) is 16.8. The standard InChI is InChI=1S/C20H40N4O2/c1-14-6-5-8-18(14)20(25)24-9-4-3-7-17(24)13-26-15(2)10-16(11-21)19(23)12-22/h11,14-15,17-20,25H,3-10,12-13,21-23H2,1-2H3/p+1. The molecule has 2 rings (SSSR count). The monoisotopic (exact) mass is 369 g/mol. The summed E-state index contributed by atoms with van der Waals surface area (Å²) in [5.74, 6) is 1.03. The van der Waals surface area contributed by atoms with Crippen LogP contribution in [0.3, 0.4) is 0 Å². The molecule has 26 heavy (non-hydrogen) atoms. The van der Waals surface area contributed by atoms with Crippen LogP contribution in [0.2, 0.25) is 0 Å². The minimum atomic E-state index is -0.322. The van der Waals surface area contributed by atoms with Crippen molar-refractivity contribution in [1.29, 1.82) is 0 Å². The van der Waals surface area contributed by atoms with E-state index in [-0.39, 0.29) is 18.4 Å². The maximum atomic E-state index is 11.0. The lowest BCUT2D eigenvalue weighted by molar-refractivity contribution is -0.403. The van der Waals surface area contributed by atoms with E-state index in [1.165, 1.54) is 25.7 Å². The van der Waals surface area contributed by atoms with Gasteiger partial charge in [-0.1, -0.05) is 26.2 Å². The summed E-state index contributed by atoms with van der Waals surface area (Å²) in [5, 5.41) is 11.0. The first-order valence-corrected chi connectivity index (χ1v) is 10.5. The molecular formula is C20H41N4O2+. The lowest BCUT2D eigenvalue weighted by Crippen LogP contribution is -2.65. The van der Waals surface area contributed by atoms with Crippen LogP contribution in [0.25, 0.3) is 0 Å². The van der Waals surface area contributed by atoms with Crippen molar-refractivity contribution in [3.63, 3.8) is 0 Å². The third kappa shape index (κ3) is 5.67. The van der Waals surface area contributed by atoms with Crippen molar-refractivity contribution in [2.45, 2.75) is 83.2 Å². The molecule has 6 nitrogen and oxygen atoms in total. The SMILES string of the molecule is CC(CC(=CN)C([NH3+])CN)OCC1CCCCN1C(O)C1CCCC1C. The van der Waals surface area contributed by atoms with Crippen LogP contribution in [-0.2, 0) is 4.74 Å². The van der Waals surface area contributed by atoms with Crippen LogP contribution in [-0.4, -0.2) is 54.1 Å². The minimum absolute atomic E-state index is 0.0444. The highest BCUT2D eigenvalue weighted by atomic mass is 16.5. The van der Waals surface area contributed by atoms with Gasteiger partial charge in [0.05, 0.1) is 12.7 Å². The third-order valence-electron chi connectivity index (χ3n) is 6.44. The number of aliphatic hydroxyl groups excluding tert-OH is 1. The van der Waals surface area contributed by atoms with E-state index in [9.17, 15) is 5.11 Å². The molecule has 1 saturated carbocycles. The van der Waals surface area contributed by atoms with Crippen LogP contribution in [0, 0.1) is 11.8 Å². The van der Waals surface area contributed by atoms with Gasteiger partial charge in [-0.2, -0.15) is 0 Å². The van der Waals surface area contributed by atoms with Gasteiger partial charge in [0.1, 0.15) is 12.3 Å². The fraction of sp³-hybridized carbons (Fsp3) is 0.900. The molecule has 2 fully saturated rings. The number of rotatable bonds is 9. The van der Waals surface area contributed by atoms with Crippen molar-refractivity contribution < 1.29 is 15.6 Å². The molecule has 1 aliphatic carbocycles. The van der Waals surface area contributed by atoms with Crippen LogP contribution in [0.1, 0.15) is 58.8 Å². The Kier molecular flexibility index (Phi) is 8.84. The molecule has 6 heteroatoms. The van der Waals surface area contributed by atoms with E-state index >= 15 is 0 Å². The predicted octanol–water partition coefficient (Wildman–Crippen LogP) is 0.803. The molecule has 6 unspecified atom stereocenters. The first-order chi connectivity index (χ1) is 12.5. The number of ether oxygens (including phenoxy) is 1. The van der Waals surface area contributed by atoms with Gasteiger partial charge in [-0.3, -0.25) is 4.90 Å². The minimum Gasteiger partial charge on any atom is -0.404 e. The van der Waals surface area contributed by atoms with Crippen molar-refractivity contribution in [3.8, 4) is 0 Å². The number of nitrogens with zero attached hydrogens (tertiary/aromatic N) is 1. The Balaban J connectivity index is 1.87. The second-order valence-electron chi connectivity index (χ2n) is 8.40. The van der Waals surface area contributed by atoms with E-state index in [0.717, 1.165) is 31.4 Å². The lowest BCUT2D eigenvalue weighted by atomic mass is 9.92. The molecule has 0 amide bonds. The Hall–Kier alpha value is -0.660. The fourth-order valence-electron chi connectivity index (χ4n) is 4.60. The second kappa shape index (κ2) is 10.6. The Morgan fingerprint density at radius 3 is 2.69 bits per heavy atom. The molecular weight excluding hydrogens is 328 g/mol. The normalized spacial score (nSPS) is 31.7. The number of hydrogen-bond donors (Lipinski definition) is 4.